The Balaban J connectivity index is 1.49. The Hall–Kier alpha value is -2.99. The van der Waals surface area contributed by atoms with Crippen LogP contribution < -0.4 is 5.32 Å². The van der Waals surface area contributed by atoms with Gasteiger partial charge in [0.2, 0.25) is 17.7 Å². The Morgan fingerprint density at radius 3 is 2.55 bits per heavy atom. The first-order chi connectivity index (χ1) is 14.1. The van der Waals surface area contributed by atoms with Gasteiger partial charge in [-0.3, -0.25) is 24.2 Å². The standard InChI is InChI=1S/C23H21N3O3/c27-20-18-17-11-6-12-26(17)23(15-9-4-5-10-16(15)24-22(23)29)19(18)21(28)25(20)13-14-7-2-1-3-8-14/h1-5,7-10,17-19H,6,11-13H2,(H,24,29)/t17-,18+,19+,23+/m0/s1. The van der Waals surface area contributed by atoms with Crippen LogP contribution in [-0.2, 0) is 26.5 Å². The lowest BCUT2D eigenvalue weighted by Gasteiger charge is -2.36. The van der Waals surface area contributed by atoms with E-state index < -0.39 is 17.4 Å². The number of carbonyl (C=O) groups excluding carboxylic acids is 3. The van der Waals surface area contributed by atoms with Crippen molar-refractivity contribution in [2.75, 3.05) is 11.9 Å². The molecule has 1 N–H and O–H groups in total. The van der Waals surface area contributed by atoms with E-state index in [1.165, 1.54) is 4.90 Å². The van der Waals surface area contributed by atoms with E-state index in [-0.39, 0.29) is 30.3 Å². The molecule has 0 unspecified atom stereocenters. The van der Waals surface area contributed by atoms with Gasteiger partial charge in [-0.1, -0.05) is 48.5 Å². The zero-order valence-corrected chi connectivity index (χ0v) is 15.9. The Morgan fingerprint density at radius 2 is 1.72 bits per heavy atom. The lowest BCUT2D eigenvalue weighted by Crippen LogP contribution is -2.54. The number of hydrogen-bond acceptors (Lipinski definition) is 4. The molecule has 0 radical (unpaired) electrons. The van der Waals surface area contributed by atoms with E-state index in [4.69, 9.17) is 0 Å². The van der Waals surface area contributed by atoms with Gasteiger partial charge in [0.15, 0.2) is 0 Å². The molecule has 146 valence electrons. The second kappa shape index (κ2) is 5.76. The van der Waals surface area contributed by atoms with Gasteiger partial charge in [-0.15, -0.1) is 0 Å². The monoisotopic (exact) mass is 387 g/mol. The summed E-state index contributed by atoms with van der Waals surface area (Å²) in [6.07, 6.45) is 1.78. The minimum Gasteiger partial charge on any atom is -0.324 e. The molecular weight excluding hydrogens is 366 g/mol. The average molecular weight is 387 g/mol. The minimum absolute atomic E-state index is 0.0610. The van der Waals surface area contributed by atoms with Crippen LogP contribution in [0.5, 0.6) is 0 Å². The quantitative estimate of drug-likeness (QED) is 0.802. The van der Waals surface area contributed by atoms with Crippen molar-refractivity contribution >= 4 is 23.4 Å². The van der Waals surface area contributed by atoms with Gasteiger partial charge in [-0.25, -0.2) is 0 Å². The van der Waals surface area contributed by atoms with Gasteiger partial charge in [0.1, 0.15) is 5.54 Å². The van der Waals surface area contributed by atoms with Crippen LogP contribution in [0, 0.1) is 11.8 Å². The second-order valence-electron chi connectivity index (χ2n) is 8.42. The van der Waals surface area contributed by atoms with Gasteiger partial charge in [-0.2, -0.15) is 0 Å². The Morgan fingerprint density at radius 1 is 0.966 bits per heavy atom. The van der Waals surface area contributed by atoms with Crippen LogP contribution in [-0.4, -0.2) is 40.1 Å². The topological polar surface area (TPSA) is 69.7 Å². The summed E-state index contributed by atoms with van der Waals surface area (Å²) in [4.78, 5) is 44.1. The number of imide groups is 1. The Bertz CT molecular complexity index is 1050. The molecule has 4 aliphatic rings. The van der Waals surface area contributed by atoms with Crippen LogP contribution in [0.4, 0.5) is 5.69 Å². The summed E-state index contributed by atoms with van der Waals surface area (Å²) in [6, 6.07) is 17.1. The van der Waals surface area contributed by atoms with Crippen LogP contribution in [0.15, 0.2) is 54.6 Å². The summed E-state index contributed by atoms with van der Waals surface area (Å²) in [5, 5.41) is 2.99. The van der Waals surface area contributed by atoms with E-state index in [0.29, 0.717) is 0 Å². The van der Waals surface area contributed by atoms with Crippen molar-refractivity contribution < 1.29 is 14.4 Å². The molecule has 6 heteroatoms. The van der Waals surface area contributed by atoms with Gasteiger partial charge in [0.25, 0.3) is 0 Å². The number of benzene rings is 2. The zero-order chi connectivity index (χ0) is 19.8. The number of anilines is 1. The maximum atomic E-state index is 13.6. The third-order valence-electron chi connectivity index (χ3n) is 7.17. The fraction of sp³-hybridized carbons (Fsp3) is 0.348. The number of hydrogen-bond donors (Lipinski definition) is 1. The second-order valence-corrected chi connectivity index (χ2v) is 8.42. The smallest absolute Gasteiger partial charge is 0.250 e. The zero-order valence-electron chi connectivity index (χ0n) is 15.9. The molecule has 0 aromatic heterocycles. The summed E-state index contributed by atoms with van der Waals surface area (Å²) >= 11 is 0. The molecule has 4 heterocycles. The molecule has 3 fully saturated rings. The number of rotatable bonds is 2. The summed E-state index contributed by atoms with van der Waals surface area (Å²) < 4.78 is 0. The molecule has 6 rings (SSSR count). The summed E-state index contributed by atoms with van der Waals surface area (Å²) in [5.74, 6) is -1.63. The molecule has 0 bridgehead atoms. The molecule has 0 saturated carbocycles. The Labute approximate surface area is 168 Å². The minimum atomic E-state index is -1.07. The van der Waals surface area contributed by atoms with Gasteiger partial charge in [0.05, 0.1) is 18.4 Å². The lowest BCUT2D eigenvalue weighted by atomic mass is 9.75. The summed E-state index contributed by atoms with van der Waals surface area (Å²) in [6.45, 7) is 0.996. The van der Waals surface area contributed by atoms with Crippen molar-refractivity contribution in [3.63, 3.8) is 0 Å². The Kier molecular flexibility index (Phi) is 3.36. The first-order valence-corrected chi connectivity index (χ1v) is 10.2. The van der Waals surface area contributed by atoms with Gasteiger partial charge < -0.3 is 5.32 Å². The highest BCUT2D eigenvalue weighted by atomic mass is 16.2. The molecule has 1 spiro atoms. The predicted molar refractivity (Wildman–Crippen MR) is 105 cm³/mol. The van der Waals surface area contributed by atoms with Gasteiger partial charge in [-0.05, 0) is 31.0 Å². The van der Waals surface area contributed by atoms with Crippen molar-refractivity contribution in [3.05, 3.63) is 65.7 Å². The molecule has 0 aliphatic carbocycles. The predicted octanol–water partition coefficient (Wildman–Crippen LogP) is 2.11. The first-order valence-electron chi connectivity index (χ1n) is 10.2. The van der Waals surface area contributed by atoms with Crippen LogP contribution >= 0.6 is 0 Å². The number of likely N-dealkylation sites (tertiary alicyclic amines) is 1. The van der Waals surface area contributed by atoms with Crippen molar-refractivity contribution in [1.29, 1.82) is 0 Å². The maximum absolute atomic E-state index is 13.6. The van der Waals surface area contributed by atoms with Crippen molar-refractivity contribution in [3.8, 4) is 0 Å². The number of carbonyl (C=O) groups is 3. The van der Waals surface area contributed by atoms with Crippen molar-refractivity contribution in [2.24, 2.45) is 11.8 Å². The molecule has 3 saturated heterocycles. The molecule has 4 aliphatic heterocycles. The number of para-hydroxylation sites is 1. The third-order valence-corrected chi connectivity index (χ3v) is 7.17. The fourth-order valence-corrected chi connectivity index (χ4v) is 6.14. The maximum Gasteiger partial charge on any atom is 0.250 e. The molecule has 29 heavy (non-hydrogen) atoms. The van der Waals surface area contributed by atoms with E-state index in [2.05, 4.69) is 10.2 Å². The molecule has 2 aromatic carbocycles. The number of fused-ring (bicyclic) bond motifs is 7. The van der Waals surface area contributed by atoms with E-state index >= 15 is 0 Å². The van der Waals surface area contributed by atoms with E-state index in [1.807, 2.05) is 54.6 Å². The van der Waals surface area contributed by atoms with E-state index in [1.54, 1.807) is 0 Å². The number of nitrogens with one attached hydrogen (secondary N) is 1. The lowest BCUT2D eigenvalue weighted by molar-refractivity contribution is -0.146. The molecule has 3 amide bonds. The fourth-order valence-electron chi connectivity index (χ4n) is 6.14. The molecule has 4 atom stereocenters. The van der Waals surface area contributed by atoms with Gasteiger partial charge in [0, 0.05) is 17.3 Å². The van der Waals surface area contributed by atoms with Crippen LogP contribution in [0.3, 0.4) is 0 Å². The highest BCUT2D eigenvalue weighted by molar-refractivity contribution is 6.15. The largest absolute Gasteiger partial charge is 0.324 e. The highest BCUT2D eigenvalue weighted by Gasteiger charge is 2.74. The van der Waals surface area contributed by atoms with Crippen LogP contribution in [0.1, 0.15) is 24.0 Å². The number of nitrogens with zero attached hydrogens (tertiary/aromatic N) is 2. The van der Waals surface area contributed by atoms with Crippen molar-refractivity contribution in [2.45, 2.75) is 31.0 Å². The van der Waals surface area contributed by atoms with E-state index in [9.17, 15) is 14.4 Å². The van der Waals surface area contributed by atoms with Gasteiger partial charge >= 0.3 is 0 Å². The highest BCUT2D eigenvalue weighted by Crippen LogP contribution is 2.60. The summed E-state index contributed by atoms with van der Waals surface area (Å²) in [7, 11) is 0. The third kappa shape index (κ3) is 1.97. The normalized spacial score (nSPS) is 32.6. The average Bonchev–Trinajstić information content (AvgIpc) is 3.44. The SMILES string of the molecule is O=C1[C@@H]2[C@@H]3CCCN3[C@@]3(C(=O)Nc4ccccc43)[C@H]2C(=O)N1Cc1ccccc1. The van der Waals surface area contributed by atoms with Crippen LogP contribution in [0.25, 0.3) is 0 Å². The summed E-state index contributed by atoms with van der Waals surface area (Å²) in [5.41, 5.74) is 1.45. The molecule has 2 aromatic rings. The first kappa shape index (κ1) is 16.9. The van der Waals surface area contributed by atoms with Crippen LogP contribution in [0.2, 0.25) is 0 Å². The molecule has 6 nitrogen and oxygen atoms in total. The van der Waals surface area contributed by atoms with Crippen molar-refractivity contribution in [1.82, 2.24) is 9.80 Å². The van der Waals surface area contributed by atoms with E-state index in [0.717, 1.165) is 36.2 Å². The number of amides is 3. The molecular formula is C23H21N3O3.